The summed E-state index contributed by atoms with van der Waals surface area (Å²) >= 11 is 11.5. The quantitative estimate of drug-likeness (QED) is 0.314. The summed E-state index contributed by atoms with van der Waals surface area (Å²) < 4.78 is 6.62. The van der Waals surface area contributed by atoms with Crippen molar-refractivity contribution in [2.24, 2.45) is 0 Å². The highest BCUT2D eigenvalue weighted by molar-refractivity contribution is 14.1. The van der Waals surface area contributed by atoms with E-state index in [9.17, 15) is 14.4 Å². The first-order valence-electron chi connectivity index (χ1n) is 5.04. The van der Waals surface area contributed by atoms with Crippen molar-refractivity contribution < 1.29 is 19.1 Å². The van der Waals surface area contributed by atoms with E-state index in [2.05, 4.69) is 10.1 Å². The highest BCUT2D eigenvalue weighted by atomic mass is 127. The van der Waals surface area contributed by atoms with Gasteiger partial charge >= 0.3 is 5.97 Å². The largest absolute Gasteiger partial charge is 0.456 e. The number of carbonyl (C=O) groups is 3. The molecular formula is C11H7ClI3NO4. The van der Waals surface area contributed by atoms with Crippen LogP contribution in [-0.4, -0.2) is 23.7 Å². The van der Waals surface area contributed by atoms with Gasteiger partial charge in [0.15, 0.2) is 6.61 Å². The van der Waals surface area contributed by atoms with Crippen molar-refractivity contribution in [3.05, 3.63) is 22.3 Å². The van der Waals surface area contributed by atoms with Crippen molar-refractivity contribution in [2.75, 3.05) is 11.9 Å². The summed E-state index contributed by atoms with van der Waals surface area (Å²) in [6.07, 6.45) is 0. The Morgan fingerprint density at radius 2 is 1.85 bits per heavy atom. The van der Waals surface area contributed by atoms with Gasteiger partial charge in [-0.15, -0.1) is 0 Å². The lowest BCUT2D eigenvalue weighted by Crippen LogP contribution is -2.21. The first-order valence-corrected chi connectivity index (χ1v) is 8.66. The van der Waals surface area contributed by atoms with Gasteiger partial charge in [-0.25, -0.2) is 0 Å². The average Bonchev–Trinajstić information content (AvgIpc) is 2.31. The number of nitrogens with one attached hydrogen (secondary N) is 1. The van der Waals surface area contributed by atoms with Gasteiger partial charge in [-0.3, -0.25) is 14.4 Å². The Balaban J connectivity index is 3.07. The van der Waals surface area contributed by atoms with Crippen molar-refractivity contribution in [2.45, 2.75) is 6.92 Å². The number of hydrogen-bond donors (Lipinski definition) is 1. The van der Waals surface area contributed by atoms with E-state index in [1.165, 1.54) is 6.92 Å². The van der Waals surface area contributed by atoms with E-state index in [0.29, 0.717) is 18.4 Å². The third-order valence-electron chi connectivity index (χ3n) is 2.04. The van der Waals surface area contributed by atoms with E-state index in [1.807, 2.05) is 67.8 Å². The first kappa shape index (κ1) is 18.4. The lowest BCUT2D eigenvalue weighted by atomic mass is 10.2. The smallest absolute Gasteiger partial charge is 0.303 e. The predicted octanol–water partition coefficient (Wildman–Crippen LogP) is 3.38. The molecule has 108 valence electrons. The molecular weight excluding hydrogens is 626 g/mol. The van der Waals surface area contributed by atoms with Crippen LogP contribution in [-0.2, 0) is 14.3 Å². The van der Waals surface area contributed by atoms with Gasteiger partial charge in [0, 0.05) is 14.1 Å². The molecule has 0 saturated carbocycles. The Labute approximate surface area is 160 Å². The fraction of sp³-hybridized carbons (Fsp3) is 0.182. The molecule has 9 heteroatoms. The molecule has 1 rings (SSSR count). The van der Waals surface area contributed by atoms with Gasteiger partial charge < -0.3 is 10.1 Å². The molecule has 0 atom stereocenters. The summed E-state index contributed by atoms with van der Waals surface area (Å²) in [5.41, 5.74) is 0.823. The zero-order valence-corrected chi connectivity index (χ0v) is 17.2. The van der Waals surface area contributed by atoms with Gasteiger partial charge in [0.1, 0.15) is 0 Å². The number of rotatable bonds is 4. The van der Waals surface area contributed by atoms with Crippen LogP contribution >= 0.6 is 79.4 Å². The number of carbonyl (C=O) groups excluding carboxylic acids is 3. The molecule has 0 bridgehead atoms. The standard InChI is InChI=1S/C11H7ClI3NO4/c1-4(17)20-3-7(18)16-10-6(14)2-5(13)8(9(10)15)11(12)19/h2H,3H2,1H3,(H,16,18). The van der Waals surface area contributed by atoms with E-state index < -0.39 is 17.1 Å². The maximum Gasteiger partial charge on any atom is 0.303 e. The normalized spacial score (nSPS) is 10.1. The molecule has 0 aliphatic carbocycles. The molecule has 0 fully saturated rings. The van der Waals surface area contributed by atoms with Crippen LogP contribution in [0.2, 0.25) is 0 Å². The van der Waals surface area contributed by atoms with Crippen molar-refractivity contribution >= 4 is 102 Å². The van der Waals surface area contributed by atoms with Gasteiger partial charge in [-0.05, 0) is 85.4 Å². The van der Waals surface area contributed by atoms with Crippen molar-refractivity contribution in [3.63, 3.8) is 0 Å². The fourth-order valence-electron chi connectivity index (χ4n) is 1.23. The summed E-state index contributed by atoms with van der Waals surface area (Å²) in [6, 6.07) is 1.74. The molecule has 20 heavy (non-hydrogen) atoms. The molecule has 0 aromatic heterocycles. The predicted molar refractivity (Wildman–Crippen MR) is 100 cm³/mol. The molecule has 0 aliphatic heterocycles. The molecule has 0 spiro atoms. The van der Waals surface area contributed by atoms with E-state index in [1.54, 1.807) is 6.07 Å². The molecule has 1 amide bonds. The summed E-state index contributed by atoms with van der Waals surface area (Å²) in [5.74, 6) is -1.02. The lowest BCUT2D eigenvalue weighted by Gasteiger charge is -2.13. The summed E-state index contributed by atoms with van der Waals surface area (Å²) in [6.45, 7) is 0.841. The first-order chi connectivity index (χ1) is 9.23. The second-order valence-electron chi connectivity index (χ2n) is 3.51. The molecule has 1 aromatic rings. The minimum Gasteiger partial charge on any atom is -0.456 e. The van der Waals surface area contributed by atoms with E-state index in [0.717, 1.165) is 3.57 Å². The topological polar surface area (TPSA) is 72.5 Å². The Hall–Kier alpha value is 0.310. The fourth-order valence-corrected chi connectivity index (χ4v) is 5.87. The van der Waals surface area contributed by atoms with Gasteiger partial charge in [0.05, 0.1) is 14.8 Å². The van der Waals surface area contributed by atoms with Crippen LogP contribution in [0, 0.1) is 10.7 Å². The van der Waals surface area contributed by atoms with Crippen LogP contribution in [0.5, 0.6) is 0 Å². The molecule has 0 unspecified atom stereocenters. The van der Waals surface area contributed by atoms with Crippen LogP contribution in [0.25, 0.3) is 0 Å². The number of halogens is 4. The van der Waals surface area contributed by atoms with Crippen LogP contribution in [0.1, 0.15) is 17.3 Å². The van der Waals surface area contributed by atoms with Crippen molar-refractivity contribution in [1.29, 1.82) is 0 Å². The number of esters is 1. The van der Waals surface area contributed by atoms with Gasteiger partial charge in [0.2, 0.25) is 0 Å². The highest BCUT2D eigenvalue weighted by Crippen LogP contribution is 2.32. The highest BCUT2D eigenvalue weighted by Gasteiger charge is 2.20. The minimum atomic E-state index is -0.592. The summed E-state index contributed by atoms with van der Waals surface area (Å²) in [7, 11) is 0. The maximum atomic E-state index is 11.7. The van der Waals surface area contributed by atoms with Gasteiger partial charge in [-0.1, -0.05) is 0 Å². The van der Waals surface area contributed by atoms with Crippen LogP contribution in [0.3, 0.4) is 0 Å². The third-order valence-corrected chi connectivity index (χ3v) is 5.01. The Kier molecular flexibility index (Phi) is 7.41. The molecule has 0 aliphatic rings. The number of amides is 1. The van der Waals surface area contributed by atoms with Crippen LogP contribution < -0.4 is 5.32 Å². The van der Waals surface area contributed by atoms with Crippen molar-refractivity contribution in [3.8, 4) is 0 Å². The van der Waals surface area contributed by atoms with Crippen molar-refractivity contribution in [1.82, 2.24) is 0 Å². The van der Waals surface area contributed by atoms with E-state index in [-0.39, 0.29) is 6.61 Å². The monoisotopic (exact) mass is 633 g/mol. The molecule has 5 nitrogen and oxygen atoms in total. The molecule has 1 N–H and O–H groups in total. The minimum absolute atomic E-state index is 0.344. The van der Waals surface area contributed by atoms with Gasteiger partial charge in [0.25, 0.3) is 11.1 Å². The lowest BCUT2D eigenvalue weighted by molar-refractivity contribution is -0.144. The van der Waals surface area contributed by atoms with Crippen LogP contribution in [0.4, 0.5) is 5.69 Å². The number of benzene rings is 1. The van der Waals surface area contributed by atoms with E-state index in [4.69, 9.17) is 11.6 Å². The second kappa shape index (κ2) is 8.08. The Bertz CT molecular complexity index is 592. The van der Waals surface area contributed by atoms with Crippen LogP contribution in [0.15, 0.2) is 6.07 Å². The average molecular weight is 633 g/mol. The summed E-state index contributed by atoms with van der Waals surface area (Å²) in [4.78, 5) is 33.7. The zero-order chi connectivity index (χ0) is 15.4. The maximum absolute atomic E-state index is 11.7. The SMILES string of the molecule is CC(=O)OCC(=O)Nc1c(I)cc(I)c(C(=O)Cl)c1I. The molecule has 0 heterocycles. The number of anilines is 1. The van der Waals surface area contributed by atoms with E-state index >= 15 is 0 Å². The molecule has 0 saturated heterocycles. The zero-order valence-electron chi connectivity index (χ0n) is 9.93. The van der Waals surface area contributed by atoms with Gasteiger partial charge in [-0.2, -0.15) is 0 Å². The Morgan fingerprint density at radius 3 is 2.35 bits per heavy atom. The summed E-state index contributed by atoms with van der Waals surface area (Å²) in [5, 5.41) is 2.02. The third kappa shape index (κ3) is 4.94. The molecule has 0 radical (unpaired) electrons. The Morgan fingerprint density at radius 1 is 1.25 bits per heavy atom. The number of ether oxygens (including phenoxy) is 1. The second-order valence-corrected chi connectivity index (χ2v) is 7.25. The molecule has 1 aromatic carbocycles. The number of hydrogen-bond acceptors (Lipinski definition) is 4.